The number of aliphatic hydroxyl groups excluding tert-OH is 1. The highest BCUT2D eigenvalue weighted by Crippen LogP contribution is 2.33. The molecule has 0 atom stereocenters. The second kappa shape index (κ2) is 9.67. The number of benzene rings is 2. The van der Waals surface area contributed by atoms with Crippen LogP contribution in [0.5, 0.6) is 0 Å². The molecule has 32 heavy (non-hydrogen) atoms. The van der Waals surface area contributed by atoms with Gasteiger partial charge in [-0.05, 0) is 74.7 Å². The lowest BCUT2D eigenvalue weighted by Crippen LogP contribution is -2.35. The number of fused-ring (bicyclic) bond motifs is 1. The van der Waals surface area contributed by atoms with Gasteiger partial charge in [-0.1, -0.05) is 18.2 Å². The number of pyridine rings is 1. The van der Waals surface area contributed by atoms with Gasteiger partial charge in [0, 0.05) is 42.8 Å². The minimum atomic E-state index is -0.0731. The van der Waals surface area contributed by atoms with E-state index in [0.717, 1.165) is 48.1 Å². The number of hydrogen-bond acceptors (Lipinski definition) is 4. The van der Waals surface area contributed by atoms with Gasteiger partial charge in [-0.2, -0.15) is 0 Å². The number of carbonyl (C=O) groups excluding carboxylic acids is 1. The molecule has 6 heteroatoms. The van der Waals surface area contributed by atoms with Gasteiger partial charge in [0.25, 0.3) is 11.5 Å². The molecule has 6 nitrogen and oxygen atoms in total. The Morgan fingerprint density at radius 1 is 1.09 bits per heavy atom. The molecule has 0 spiro atoms. The number of anilines is 1. The van der Waals surface area contributed by atoms with Crippen molar-refractivity contribution in [2.75, 3.05) is 38.2 Å². The average Bonchev–Trinajstić information content (AvgIpc) is 2.83. The third kappa shape index (κ3) is 4.33. The highest BCUT2D eigenvalue weighted by atomic mass is 16.3. The van der Waals surface area contributed by atoms with Gasteiger partial charge in [0.1, 0.15) is 0 Å². The second-order valence-electron chi connectivity index (χ2n) is 8.45. The van der Waals surface area contributed by atoms with E-state index in [4.69, 9.17) is 0 Å². The zero-order chi connectivity index (χ0) is 22.7. The molecule has 3 aromatic rings. The van der Waals surface area contributed by atoms with Crippen molar-refractivity contribution >= 4 is 22.5 Å². The maximum Gasteiger partial charge on any atom is 0.258 e. The van der Waals surface area contributed by atoms with E-state index in [1.54, 1.807) is 22.6 Å². The normalized spacial score (nSPS) is 15.2. The van der Waals surface area contributed by atoms with Crippen LogP contribution in [0.25, 0.3) is 10.9 Å². The van der Waals surface area contributed by atoms with Crippen LogP contribution in [-0.2, 0) is 6.54 Å². The summed E-state index contributed by atoms with van der Waals surface area (Å²) in [7, 11) is 1.78. The number of likely N-dealkylation sites (tertiary alicyclic amines) is 1. The topological polar surface area (TPSA) is 65.8 Å². The first-order chi connectivity index (χ1) is 15.5. The van der Waals surface area contributed by atoms with Crippen LogP contribution in [0.1, 0.15) is 41.6 Å². The molecule has 168 valence electrons. The Bertz CT molecular complexity index is 1150. The monoisotopic (exact) mass is 433 g/mol. The van der Waals surface area contributed by atoms with E-state index >= 15 is 0 Å². The van der Waals surface area contributed by atoms with E-state index < -0.39 is 0 Å². The van der Waals surface area contributed by atoms with Crippen LogP contribution < -0.4 is 10.5 Å². The van der Waals surface area contributed by atoms with E-state index in [2.05, 4.69) is 4.90 Å². The summed E-state index contributed by atoms with van der Waals surface area (Å²) in [5.41, 5.74) is 3.38. The summed E-state index contributed by atoms with van der Waals surface area (Å²) in [6, 6.07) is 17.1. The Labute approximate surface area is 188 Å². The van der Waals surface area contributed by atoms with Gasteiger partial charge < -0.3 is 19.5 Å². The Kier molecular flexibility index (Phi) is 6.72. The van der Waals surface area contributed by atoms with Gasteiger partial charge in [-0.25, -0.2) is 0 Å². The largest absolute Gasteiger partial charge is 0.395 e. The summed E-state index contributed by atoms with van der Waals surface area (Å²) in [5, 5.41) is 10.2. The molecule has 0 bridgehead atoms. The van der Waals surface area contributed by atoms with Crippen molar-refractivity contribution in [3.63, 3.8) is 0 Å². The number of hydrogen-bond donors (Lipinski definition) is 1. The van der Waals surface area contributed by atoms with Crippen molar-refractivity contribution in [2.45, 2.75) is 32.2 Å². The molecule has 2 aromatic carbocycles. The number of rotatable bonds is 6. The maximum absolute atomic E-state index is 13.2. The molecule has 0 saturated carbocycles. The van der Waals surface area contributed by atoms with Crippen molar-refractivity contribution in [3.05, 3.63) is 76.1 Å². The number of aromatic nitrogens is 1. The Balaban J connectivity index is 1.74. The molecule has 0 unspecified atom stereocenters. The third-order valence-corrected chi connectivity index (χ3v) is 6.60. The molecule has 0 aliphatic carbocycles. The van der Waals surface area contributed by atoms with Crippen LogP contribution in [-0.4, -0.2) is 53.8 Å². The number of piperidine rings is 1. The Morgan fingerprint density at radius 3 is 2.47 bits per heavy atom. The first-order valence-electron chi connectivity index (χ1n) is 11.4. The van der Waals surface area contributed by atoms with Crippen LogP contribution in [0.15, 0.2) is 59.4 Å². The number of nitrogens with zero attached hydrogens (tertiary/aromatic N) is 3. The van der Waals surface area contributed by atoms with Gasteiger partial charge in [-0.15, -0.1) is 0 Å². The van der Waals surface area contributed by atoms with Crippen molar-refractivity contribution in [3.8, 4) is 0 Å². The molecule has 4 rings (SSSR count). The third-order valence-electron chi connectivity index (χ3n) is 6.60. The number of aryl methyl sites for hydroxylation is 1. The average molecular weight is 434 g/mol. The number of aliphatic hydroxyl groups is 1. The van der Waals surface area contributed by atoms with Gasteiger partial charge in [-0.3, -0.25) is 9.59 Å². The van der Waals surface area contributed by atoms with Gasteiger partial charge in [0.2, 0.25) is 0 Å². The summed E-state index contributed by atoms with van der Waals surface area (Å²) in [5.74, 6) is 0.194. The molecule has 0 radical (unpaired) electrons. The first-order valence-corrected chi connectivity index (χ1v) is 11.4. The fourth-order valence-electron chi connectivity index (χ4n) is 4.78. The fraction of sp³-hybridized carbons (Fsp3) is 0.385. The lowest BCUT2D eigenvalue weighted by molar-refractivity contribution is 0.0993. The number of amides is 1. The van der Waals surface area contributed by atoms with E-state index in [-0.39, 0.29) is 24.0 Å². The van der Waals surface area contributed by atoms with Crippen molar-refractivity contribution in [1.82, 2.24) is 9.47 Å². The number of β-amino-alcohol motifs (C(OH)–C–C–N with tert-alkyl or cyclic N) is 1. The van der Waals surface area contributed by atoms with E-state index in [1.807, 2.05) is 55.5 Å². The van der Waals surface area contributed by atoms with Crippen molar-refractivity contribution < 1.29 is 9.90 Å². The van der Waals surface area contributed by atoms with Crippen molar-refractivity contribution in [2.24, 2.45) is 0 Å². The van der Waals surface area contributed by atoms with E-state index in [1.165, 1.54) is 0 Å². The Hall–Kier alpha value is -2.96. The van der Waals surface area contributed by atoms with Gasteiger partial charge >= 0.3 is 0 Å². The molecule has 1 saturated heterocycles. The standard InChI is InChI=1S/C26H31N3O3/c1-3-29-24-10-9-20(26(32)27(2)21-7-5-4-6-8-21)17-23(24)22(18-25(29)31)19-11-13-28(14-12-19)15-16-30/h4-10,17-19,30H,3,11-16H2,1-2H3. The van der Waals surface area contributed by atoms with Gasteiger partial charge in [0.15, 0.2) is 0 Å². The lowest BCUT2D eigenvalue weighted by Gasteiger charge is -2.32. The molecule has 1 amide bonds. The summed E-state index contributed by atoms with van der Waals surface area (Å²) >= 11 is 0. The molecule has 1 aromatic heterocycles. The lowest BCUT2D eigenvalue weighted by atomic mass is 9.87. The minimum absolute atomic E-state index is 0.00766. The molecular formula is C26H31N3O3. The predicted molar refractivity (Wildman–Crippen MR) is 129 cm³/mol. The Morgan fingerprint density at radius 2 is 1.81 bits per heavy atom. The van der Waals surface area contributed by atoms with E-state index in [0.29, 0.717) is 18.7 Å². The quantitative estimate of drug-likeness (QED) is 0.647. The first kappa shape index (κ1) is 22.2. The van der Waals surface area contributed by atoms with Crippen LogP contribution in [0.3, 0.4) is 0 Å². The SMILES string of the molecule is CCn1c(=O)cc(C2CCN(CCO)CC2)c2cc(C(=O)N(C)c3ccccc3)ccc21. The highest BCUT2D eigenvalue weighted by molar-refractivity contribution is 6.07. The molecular weight excluding hydrogens is 402 g/mol. The summed E-state index contributed by atoms with van der Waals surface area (Å²) in [4.78, 5) is 30.0. The second-order valence-corrected chi connectivity index (χ2v) is 8.45. The molecule has 2 heterocycles. The van der Waals surface area contributed by atoms with Gasteiger partial charge in [0.05, 0.1) is 12.1 Å². The van der Waals surface area contributed by atoms with Crippen LogP contribution in [0.2, 0.25) is 0 Å². The van der Waals surface area contributed by atoms with Crippen LogP contribution in [0.4, 0.5) is 5.69 Å². The van der Waals surface area contributed by atoms with Crippen LogP contribution in [0, 0.1) is 0 Å². The summed E-state index contributed by atoms with van der Waals surface area (Å²) in [6.45, 7) is 5.21. The zero-order valence-corrected chi connectivity index (χ0v) is 18.8. The zero-order valence-electron chi connectivity index (χ0n) is 18.8. The number of para-hydroxylation sites is 1. The predicted octanol–water partition coefficient (Wildman–Crippen LogP) is 3.47. The fourth-order valence-corrected chi connectivity index (χ4v) is 4.78. The van der Waals surface area contributed by atoms with E-state index in [9.17, 15) is 14.7 Å². The summed E-state index contributed by atoms with van der Waals surface area (Å²) in [6.07, 6.45) is 1.87. The number of carbonyl (C=O) groups is 1. The molecule has 1 aliphatic rings. The molecule has 1 N–H and O–H groups in total. The van der Waals surface area contributed by atoms with Crippen LogP contribution >= 0.6 is 0 Å². The minimum Gasteiger partial charge on any atom is -0.395 e. The molecule has 1 aliphatic heterocycles. The highest BCUT2D eigenvalue weighted by Gasteiger charge is 2.24. The smallest absolute Gasteiger partial charge is 0.258 e. The summed E-state index contributed by atoms with van der Waals surface area (Å²) < 4.78 is 1.77. The molecule has 1 fully saturated rings. The van der Waals surface area contributed by atoms with Crippen molar-refractivity contribution in [1.29, 1.82) is 0 Å². The maximum atomic E-state index is 13.2.